The minimum Gasteiger partial charge on any atom is -0.371 e. The topological polar surface area (TPSA) is 75.3 Å². The van der Waals surface area contributed by atoms with Crippen molar-refractivity contribution in [1.82, 2.24) is 14.9 Å². The summed E-state index contributed by atoms with van der Waals surface area (Å²) in [5.41, 5.74) is 8.34. The Hall–Kier alpha value is -2.68. The van der Waals surface area contributed by atoms with Crippen LogP contribution in [0.15, 0.2) is 24.4 Å². The van der Waals surface area contributed by atoms with Crippen LogP contribution < -0.4 is 10.6 Å². The smallest absolute Gasteiger partial charge is 0.371 e. The SMILES string of the molecule is C[C@@H]1CCCN(c2cc(C(N)=O)nc3c2CCN(Cc2ccnc(C(F)(F)F)c2)C3)C1. The number of pyridine rings is 2. The highest BCUT2D eigenvalue weighted by atomic mass is 19.4. The number of nitrogens with zero attached hydrogens (tertiary/aromatic N) is 4. The van der Waals surface area contributed by atoms with Gasteiger partial charge in [-0.3, -0.25) is 14.7 Å². The van der Waals surface area contributed by atoms with Crippen molar-refractivity contribution < 1.29 is 18.0 Å². The Morgan fingerprint density at radius 2 is 2.10 bits per heavy atom. The van der Waals surface area contributed by atoms with Crippen LogP contribution in [0.4, 0.5) is 18.9 Å². The lowest BCUT2D eigenvalue weighted by atomic mass is 9.96. The molecule has 31 heavy (non-hydrogen) atoms. The number of carbonyl (C=O) groups is 1. The molecule has 2 aromatic rings. The van der Waals surface area contributed by atoms with Crippen molar-refractivity contribution in [2.75, 3.05) is 24.5 Å². The highest BCUT2D eigenvalue weighted by molar-refractivity contribution is 5.92. The maximum atomic E-state index is 13.0. The fourth-order valence-electron chi connectivity index (χ4n) is 4.51. The van der Waals surface area contributed by atoms with Gasteiger partial charge in [0.1, 0.15) is 11.4 Å². The molecular weight excluding hydrogens is 407 g/mol. The summed E-state index contributed by atoms with van der Waals surface area (Å²) in [4.78, 5) is 24.2. The lowest BCUT2D eigenvalue weighted by Gasteiger charge is -2.37. The molecule has 166 valence electrons. The lowest BCUT2D eigenvalue weighted by molar-refractivity contribution is -0.141. The number of alkyl halides is 3. The average molecular weight is 433 g/mol. The second kappa shape index (κ2) is 8.45. The summed E-state index contributed by atoms with van der Waals surface area (Å²) in [6.07, 6.45) is -0.275. The zero-order chi connectivity index (χ0) is 22.2. The van der Waals surface area contributed by atoms with Crippen molar-refractivity contribution in [2.45, 2.75) is 45.5 Å². The molecule has 4 heterocycles. The van der Waals surface area contributed by atoms with Gasteiger partial charge in [0, 0.05) is 44.6 Å². The number of halogens is 3. The van der Waals surface area contributed by atoms with Crippen LogP contribution in [0.1, 0.15) is 52.8 Å². The third-order valence-electron chi connectivity index (χ3n) is 6.01. The first-order valence-electron chi connectivity index (χ1n) is 10.5. The molecular formula is C22H26F3N5O. The number of rotatable bonds is 4. The normalized spacial score (nSPS) is 19.9. The molecule has 0 unspecified atom stereocenters. The molecule has 0 bridgehead atoms. The molecule has 1 fully saturated rings. The third-order valence-corrected chi connectivity index (χ3v) is 6.01. The average Bonchev–Trinajstić information content (AvgIpc) is 2.72. The van der Waals surface area contributed by atoms with Crippen molar-refractivity contribution in [1.29, 1.82) is 0 Å². The monoisotopic (exact) mass is 433 g/mol. The molecule has 1 atom stereocenters. The Balaban J connectivity index is 1.59. The van der Waals surface area contributed by atoms with Gasteiger partial charge in [0.25, 0.3) is 5.91 Å². The summed E-state index contributed by atoms with van der Waals surface area (Å²) in [6, 6.07) is 4.48. The summed E-state index contributed by atoms with van der Waals surface area (Å²) < 4.78 is 38.9. The van der Waals surface area contributed by atoms with Crippen molar-refractivity contribution in [3.63, 3.8) is 0 Å². The third kappa shape index (κ3) is 4.81. The van der Waals surface area contributed by atoms with Crippen LogP contribution in [-0.4, -0.2) is 40.4 Å². The molecule has 0 aromatic carbocycles. The molecule has 1 saturated heterocycles. The molecule has 0 radical (unpaired) electrons. The molecule has 2 N–H and O–H groups in total. The van der Waals surface area contributed by atoms with E-state index in [0.717, 1.165) is 48.9 Å². The van der Waals surface area contributed by atoms with Crippen LogP contribution >= 0.6 is 0 Å². The molecule has 9 heteroatoms. The van der Waals surface area contributed by atoms with Gasteiger partial charge in [-0.15, -0.1) is 0 Å². The van der Waals surface area contributed by atoms with Gasteiger partial charge in [-0.25, -0.2) is 4.98 Å². The predicted octanol–water partition coefficient (Wildman–Crippen LogP) is 3.39. The Morgan fingerprint density at radius 1 is 1.29 bits per heavy atom. The number of amides is 1. The van der Waals surface area contributed by atoms with E-state index in [0.29, 0.717) is 31.1 Å². The maximum Gasteiger partial charge on any atom is 0.433 e. The standard InChI is InChI=1S/C22H26F3N5O/c1-14-3-2-7-30(11-14)19-10-17(21(26)31)28-18-13-29(8-5-16(18)19)12-15-4-6-27-20(9-15)22(23,24)25/h4,6,9-10,14H,2-3,5,7-8,11-13H2,1H3,(H2,26,31)/t14-/m1/s1. The number of fused-ring (bicyclic) bond motifs is 1. The number of hydrogen-bond donors (Lipinski definition) is 1. The van der Waals surface area contributed by atoms with Gasteiger partial charge in [0.05, 0.1) is 5.69 Å². The number of nitrogens with two attached hydrogens (primary N) is 1. The molecule has 2 aliphatic heterocycles. The number of primary amides is 1. The van der Waals surface area contributed by atoms with Crippen LogP contribution in [-0.2, 0) is 25.7 Å². The minimum atomic E-state index is -4.47. The highest BCUT2D eigenvalue weighted by Gasteiger charge is 2.33. The van der Waals surface area contributed by atoms with Crippen molar-refractivity contribution in [2.24, 2.45) is 11.7 Å². The van der Waals surface area contributed by atoms with Crippen LogP contribution in [0, 0.1) is 5.92 Å². The second-order valence-electron chi connectivity index (χ2n) is 8.52. The second-order valence-corrected chi connectivity index (χ2v) is 8.52. The van der Waals surface area contributed by atoms with Crippen LogP contribution in [0.5, 0.6) is 0 Å². The summed E-state index contributed by atoms with van der Waals surface area (Å²) in [5.74, 6) is -0.000569. The zero-order valence-electron chi connectivity index (χ0n) is 17.5. The number of anilines is 1. The van der Waals surface area contributed by atoms with Crippen LogP contribution in [0.2, 0.25) is 0 Å². The Labute approximate surface area is 179 Å². The summed E-state index contributed by atoms with van der Waals surface area (Å²) in [7, 11) is 0. The summed E-state index contributed by atoms with van der Waals surface area (Å²) >= 11 is 0. The fraction of sp³-hybridized carbons (Fsp3) is 0.500. The molecule has 2 aliphatic rings. The molecule has 0 spiro atoms. The van der Waals surface area contributed by atoms with Gasteiger partial charge in [-0.05, 0) is 54.5 Å². The largest absolute Gasteiger partial charge is 0.433 e. The van der Waals surface area contributed by atoms with E-state index in [2.05, 4.69) is 21.8 Å². The van der Waals surface area contributed by atoms with E-state index in [4.69, 9.17) is 5.73 Å². The fourth-order valence-corrected chi connectivity index (χ4v) is 4.51. The van der Waals surface area contributed by atoms with E-state index in [1.807, 2.05) is 4.90 Å². The summed E-state index contributed by atoms with van der Waals surface area (Å²) in [6.45, 7) is 5.58. The molecule has 2 aromatic heterocycles. The Kier molecular flexibility index (Phi) is 5.88. The first kappa shape index (κ1) is 21.5. The van der Waals surface area contributed by atoms with E-state index >= 15 is 0 Å². The van der Waals surface area contributed by atoms with Gasteiger partial charge >= 0.3 is 6.18 Å². The number of carbonyl (C=O) groups excluding carboxylic acids is 1. The highest BCUT2D eigenvalue weighted by Crippen LogP contribution is 2.33. The van der Waals surface area contributed by atoms with Crippen molar-refractivity contribution >= 4 is 11.6 Å². The first-order valence-corrected chi connectivity index (χ1v) is 10.5. The Bertz CT molecular complexity index is 978. The number of piperidine rings is 1. The molecule has 1 amide bonds. The Morgan fingerprint density at radius 3 is 2.81 bits per heavy atom. The van der Waals surface area contributed by atoms with E-state index < -0.39 is 17.8 Å². The van der Waals surface area contributed by atoms with E-state index in [-0.39, 0.29) is 5.69 Å². The predicted molar refractivity (Wildman–Crippen MR) is 110 cm³/mol. The quantitative estimate of drug-likeness (QED) is 0.800. The molecule has 0 aliphatic carbocycles. The molecule has 4 rings (SSSR count). The van der Waals surface area contributed by atoms with Gasteiger partial charge in [0.15, 0.2) is 0 Å². The van der Waals surface area contributed by atoms with Crippen LogP contribution in [0.3, 0.4) is 0 Å². The van der Waals surface area contributed by atoms with Gasteiger partial charge in [-0.2, -0.15) is 13.2 Å². The van der Waals surface area contributed by atoms with Crippen molar-refractivity contribution in [3.8, 4) is 0 Å². The molecule has 0 saturated carbocycles. The summed E-state index contributed by atoms with van der Waals surface area (Å²) in [5, 5.41) is 0. The van der Waals surface area contributed by atoms with E-state index in [1.165, 1.54) is 12.6 Å². The van der Waals surface area contributed by atoms with Gasteiger partial charge in [0.2, 0.25) is 0 Å². The zero-order valence-corrected chi connectivity index (χ0v) is 17.5. The van der Waals surface area contributed by atoms with Gasteiger partial charge in [-0.1, -0.05) is 6.92 Å². The van der Waals surface area contributed by atoms with Gasteiger partial charge < -0.3 is 10.6 Å². The van der Waals surface area contributed by atoms with Crippen molar-refractivity contribution in [3.05, 3.63) is 52.6 Å². The van der Waals surface area contributed by atoms with E-state index in [1.54, 1.807) is 12.1 Å². The first-order chi connectivity index (χ1) is 14.7. The minimum absolute atomic E-state index is 0.233. The number of aromatic nitrogens is 2. The van der Waals surface area contributed by atoms with E-state index in [9.17, 15) is 18.0 Å². The van der Waals surface area contributed by atoms with Crippen LogP contribution in [0.25, 0.3) is 0 Å². The molecule has 6 nitrogen and oxygen atoms in total. The maximum absolute atomic E-state index is 13.0. The number of hydrogen-bond acceptors (Lipinski definition) is 5. The lowest BCUT2D eigenvalue weighted by Crippen LogP contribution is -2.38.